The maximum absolute atomic E-state index is 12.5. The first kappa shape index (κ1) is 14.8. The number of nitrogens with zero attached hydrogens (tertiary/aromatic N) is 1. The van der Waals surface area contributed by atoms with Gasteiger partial charge in [0.15, 0.2) is 0 Å². The molecule has 0 atom stereocenters. The van der Waals surface area contributed by atoms with Gasteiger partial charge in [-0.05, 0) is 36.2 Å². The normalized spacial score (nSPS) is 10.8. The van der Waals surface area contributed by atoms with Crippen molar-refractivity contribution in [3.8, 4) is 5.69 Å². The van der Waals surface area contributed by atoms with Crippen LogP contribution in [0, 0.1) is 0 Å². The number of aliphatic carboxylic acids is 1. The van der Waals surface area contributed by atoms with Crippen molar-refractivity contribution < 1.29 is 9.90 Å². The number of fused-ring (bicyclic) bond motifs is 1. The molecule has 0 aliphatic carbocycles. The van der Waals surface area contributed by atoms with E-state index in [0.29, 0.717) is 23.0 Å². The maximum atomic E-state index is 12.5. The Morgan fingerprint density at radius 2 is 1.74 bits per heavy atom. The van der Waals surface area contributed by atoms with Crippen molar-refractivity contribution in [2.75, 3.05) is 0 Å². The summed E-state index contributed by atoms with van der Waals surface area (Å²) in [5, 5.41) is 9.12. The number of aromatic nitrogens is 2. The van der Waals surface area contributed by atoms with E-state index in [-0.39, 0.29) is 12.0 Å². The van der Waals surface area contributed by atoms with Crippen LogP contribution in [0.3, 0.4) is 0 Å². The summed E-state index contributed by atoms with van der Waals surface area (Å²) in [7, 11) is 0. The van der Waals surface area contributed by atoms with Gasteiger partial charge in [0.05, 0.1) is 16.6 Å². The van der Waals surface area contributed by atoms with Crippen molar-refractivity contribution in [1.82, 2.24) is 9.55 Å². The third kappa shape index (κ3) is 2.91. The van der Waals surface area contributed by atoms with Crippen LogP contribution in [-0.2, 0) is 11.2 Å². The number of hydrogen-bond donors (Lipinski definition) is 2. The van der Waals surface area contributed by atoms with E-state index in [2.05, 4.69) is 4.98 Å². The molecule has 2 aromatic carbocycles. The molecule has 0 fully saturated rings. The molecule has 6 heteroatoms. The minimum absolute atomic E-state index is 0.0376. The average Bonchev–Trinajstić information content (AvgIpc) is 2.54. The summed E-state index contributed by atoms with van der Waals surface area (Å²) in [5.74, 6) is -0.865. The van der Waals surface area contributed by atoms with Crippen molar-refractivity contribution in [2.45, 2.75) is 12.8 Å². The summed E-state index contributed by atoms with van der Waals surface area (Å²) in [6.07, 6.45) is 0.439. The molecule has 6 nitrogen and oxygen atoms in total. The Balaban J connectivity index is 2.05. The van der Waals surface area contributed by atoms with Gasteiger partial charge in [0.1, 0.15) is 0 Å². The number of aryl methyl sites for hydroxylation is 1. The summed E-state index contributed by atoms with van der Waals surface area (Å²) in [6, 6.07) is 13.5. The fraction of sp³-hybridized carbons (Fsp3) is 0.118. The van der Waals surface area contributed by atoms with Gasteiger partial charge in [-0.1, -0.05) is 24.3 Å². The molecule has 0 unspecified atom stereocenters. The lowest BCUT2D eigenvalue weighted by Gasteiger charge is -2.07. The molecule has 0 bridgehead atoms. The number of benzene rings is 2. The maximum Gasteiger partial charge on any atom is 0.333 e. The Morgan fingerprint density at radius 3 is 2.43 bits per heavy atom. The Bertz CT molecular complexity index is 984. The lowest BCUT2D eigenvalue weighted by Crippen LogP contribution is -2.33. The molecule has 116 valence electrons. The number of rotatable bonds is 4. The van der Waals surface area contributed by atoms with Crippen LogP contribution in [0.25, 0.3) is 16.6 Å². The molecule has 23 heavy (non-hydrogen) atoms. The van der Waals surface area contributed by atoms with E-state index < -0.39 is 11.7 Å². The molecule has 0 aliphatic heterocycles. The fourth-order valence-electron chi connectivity index (χ4n) is 2.46. The first-order valence-electron chi connectivity index (χ1n) is 7.11. The number of carbonyl (C=O) groups is 1. The van der Waals surface area contributed by atoms with E-state index in [4.69, 9.17) is 5.11 Å². The first-order chi connectivity index (χ1) is 11.1. The molecular weight excluding hydrogens is 296 g/mol. The quantitative estimate of drug-likeness (QED) is 0.767. The highest BCUT2D eigenvalue weighted by Crippen LogP contribution is 2.10. The highest BCUT2D eigenvalue weighted by atomic mass is 16.4. The van der Waals surface area contributed by atoms with E-state index in [9.17, 15) is 14.4 Å². The Kier molecular flexibility index (Phi) is 3.80. The van der Waals surface area contributed by atoms with Gasteiger partial charge in [-0.25, -0.2) is 9.36 Å². The molecule has 2 N–H and O–H groups in total. The van der Waals surface area contributed by atoms with E-state index in [1.54, 1.807) is 48.5 Å². The number of nitrogens with one attached hydrogen (secondary N) is 1. The van der Waals surface area contributed by atoms with Crippen LogP contribution < -0.4 is 11.2 Å². The van der Waals surface area contributed by atoms with Crippen LogP contribution >= 0.6 is 0 Å². The van der Waals surface area contributed by atoms with Gasteiger partial charge in [-0.2, -0.15) is 0 Å². The zero-order chi connectivity index (χ0) is 16.4. The molecule has 0 saturated carbocycles. The second-order valence-corrected chi connectivity index (χ2v) is 5.18. The number of aromatic amines is 1. The zero-order valence-electron chi connectivity index (χ0n) is 12.2. The van der Waals surface area contributed by atoms with Crippen LogP contribution in [0.15, 0.2) is 58.1 Å². The minimum Gasteiger partial charge on any atom is -0.481 e. The predicted molar refractivity (Wildman–Crippen MR) is 86.1 cm³/mol. The molecule has 0 amide bonds. The number of hydrogen-bond acceptors (Lipinski definition) is 3. The average molecular weight is 310 g/mol. The number of carboxylic acids is 1. The molecule has 0 radical (unpaired) electrons. The number of para-hydroxylation sites is 1. The lowest BCUT2D eigenvalue weighted by molar-refractivity contribution is -0.136. The smallest absolute Gasteiger partial charge is 0.333 e. The third-order valence-electron chi connectivity index (χ3n) is 3.63. The molecule has 0 aliphatic rings. The van der Waals surface area contributed by atoms with Gasteiger partial charge in [0.25, 0.3) is 5.56 Å². The first-order valence-corrected chi connectivity index (χ1v) is 7.11. The van der Waals surface area contributed by atoms with Crippen molar-refractivity contribution in [2.24, 2.45) is 0 Å². The zero-order valence-corrected chi connectivity index (χ0v) is 12.2. The summed E-state index contributed by atoms with van der Waals surface area (Å²) < 4.78 is 1.07. The Morgan fingerprint density at radius 1 is 1.04 bits per heavy atom. The van der Waals surface area contributed by atoms with Gasteiger partial charge in [-0.3, -0.25) is 9.59 Å². The molecule has 3 aromatic rings. The largest absolute Gasteiger partial charge is 0.481 e. The van der Waals surface area contributed by atoms with E-state index >= 15 is 0 Å². The van der Waals surface area contributed by atoms with Gasteiger partial charge in [0, 0.05) is 6.42 Å². The second-order valence-electron chi connectivity index (χ2n) is 5.18. The molecule has 3 rings (SSSR count). The molecule has 0 spiro atoms. The third-order valence-corrected chi connectivity index (χ3v) is 3.63. The van der Waals surface area contributed by atoms with E-state index in [1.165, 1.54) is 0 Å². The van der Waals surface area contributed by atoms with Crippen molar-refractivity contribution in [3.63, 3.8) is 0 Å². The summed E-state index contributed by atoms with van der Waals surface area (Å²) in [6.45, 7) is 0. The van der Waals surface area contributed by atoms with Crippen LogP contribution in [0.5, 0.6) is 0 Å². The number of carboxylic acid groups (broad SMARTS) is 1. The van der Waals surface area contributed by atoms with Crippen LogP contribution in [0.2, 0.25) is 0 Å². The second kappa shape index (κ2) is 5.92. The van der Waals surface area contributed by atoms with Crippen LogP contribution in [0.1, 0.15) is 12.0 Å². The monoisotopic (exact) mass is 310 g/mol. The SMILES string of the molecule is O=C(O)CCc1ccc(-n2c(=O)[nH]c3ccccc3c2=O)cc1. The number of H-pyrrole nitrogens is 1. The molecule has 0 saturated heterocycles. The summed E-state index contributed by atoms with van der Waals surface area (Å²) in [5.41, 5.74) is 0.883. The topological polar surface area (TPSA) is 92.2 Å². The van der Waals surface area contributed by atoms with Gasteiger partial charge < -0.3 is 10.1 Å². The van der Waals surface area contributed by atoms with Gasteiger partial charge in [-0.15, -0.1) is 0 Å². The predicted octanol–water partition coefficient (Wildman–Crippen LogP) is 1.70. The molecule has 1 aromatic heterocycles. The van der Waals surface area contributed by atoms with Crippen LogP contribution in [0.4, 0.5) is 0 Å². The molecule has 1 heterocycles. The molecular formula is C17H14N2O4. The van der Waals surface area contributed by atoms with E-state index in [1.807, 2.05) is 0 Å². The minimum atomic E-state index is -0.865. The van der Waals surface area contributed by atoms with E-state index in [0.717, 1.165) is 10.1 Å². The summed E-state index contributed by atoms with van der Waals surface area (Å²) >= 11 is 0. The Labute approximate surface area is 130 Å². The van der Waals surface area contributed by atoms with Crippen molar-refractivity contribution in [1.29, 1.82) is 0 Å². The highest BCUT2D eigenvalue weighted by molar-refractivity contribution is 5.77. The van der Waals surface area contributed by atoms with Gasteiger partial charge >= 0.3 is 11.7 Å². The van der Waals surface area contributed by atoms with Gasteiger partial charge in [0.2, 0.25) is 0 Å². The standard InChI is InChI=1S/C17H14N2O4/c20-15(21)10-7-11-5-8-12(9-6-11)19-16(22)13-3-1-2-4-14(13)18-17(19)23/h1-6,8-9H,7,10H2,(H,18,23)(H,20,21). The summed E-state index contributed by atoms with van der Waals surface area (Å²) in [4.78, 5) is 38.0. The highest BCUT2D eigenvalue weighted by Gasteiger charge is 2.09. The Hall–Kier alpha value is -3.15. The van der Waals surface area contributed by atoms with Crippen LogP contribution in [-0.4, -0.2) is 20.6 Å². The fourth-order valence-corrected chi connectivity index (χ4v) is 2.46. The van der Waals surface area contributed by atoms with Crippen molar-refractivity contribution in [3.05, 3.63) is 74.9 Å². The van der Waals surface area contributed by atoms with Crippen molar-refractivity contribution >= 4 is 16.9 Å². The lowest BCUT2D eigenvalue weighted by atomic mass is 10.1.